The van der Waals surface area contributed by atoms with Crippen molar-refractivity contribution >= 4 is 17.6 Å². The van der Waals surface area contributed by atoms with Gasteiger partial charge in [0.1, 0.15) is 5.75 Å². The molecular weight excluding hydrogens is 350 g/mol. The van der Waals surface area contributed by atoms with Crippen LogP contribution in [0.5, 0.6) is 17.2 Å². The summed E-state index contributed by atoms with van der Waals surface area (Å²) in [5.74, 6) is 0.208. The van der Waals surface area contributed by atoms with Crippen molar-refractivity contribution in [2.75, 3.05) is 25.7 Å². The Morgan fingerprint density at radius 3 is 2.30 bits per heavy atom. The number of aliphatic carboxylic acids is 1. The molecule has 0 aliphatic carbocycles. The van der Waals surface area contributed by atoms with Crippen LogP contribution in [0.1, 0.15) is 24.2 Å². The van der Waals surface area contributed by atoms with Crippen molar-refractivity contribution in [2.45, 2.75) is 20.0 Å². The van der Waals surface area contributed by atoms with E-state index >= 15 is 0 Å². The predicted molar refractivity (Wildman–Crippen MR) is 101 cm³/mol. The highest BCUT2D eigenvalue weighted by molar-refractivity contribution is 6.06. The fourth-order valence-corrected chi connectivity index (χ4v) is 2.37. The topological polar surface area (TPSA) is 85.3 Å². The highest BCUT2D eigenvalue weighted by Gasteiger charge is 2.17. The summed E-state index contributed by atoms with van der Waals surface area (Å²) in [7, 11) is 3.18. The van der Waals surface area contributed by atoms with Gasteiger partial charge in [0.05, 0.1) is 13.2 Å². The second kappa shape index (κ2) is 8.93. The minimum atomic E-state index is -1.05. The molecule has 0 atom stereocenters. The van der Waals surface area contributed by atoms with Crippen LogP contribution in [-0.4, -0.2) is 43.9 Å². The third-order valence-corrected chi connectivity index (χ3v) is 3.66. The van der Waals surface area contributed by atoms with Gasteiger partial charge in [-0.1, -0.05) is 0 Å². The van der Waals surface area contributed by atoms with Gasteiger partial charge in [0.2, 0.25) is 0 Å². The number of carbonyl (C=O) groups is 2. The number of carbonyl (C=O) groups excluding carboxylic acids is 1. The molecule has 27 heavy (non-hydrogen) atoms. The van der Waals surface area contributed by atoms with E-state index in [0.29, 0.717) is 28.5 Å². The molecule has 7 heteroatoms. The first-order valence-electron chi connectivity index (χ1n) is 8.39. The summed E-state index contributed by atoms with van der Waals surface area (Å²) in [6.45, 7) is 3.41. The van der Waals surface area contributed by atoms with Gasteiger partial charge in [0.15, 0.2) is 18.1 Å². The molecule has 0 saturated carbocycles. The summed E-state index contributed by atoms with van der Waals surface area (Å²) in [5, 5.41) is 8.63. The van der Waals surface area contributed by atoms with Crippen molar-refractivity contribution in [3.8, 4) is 17.2 Å². The maximum Gasteiger partial charge on any atom is 0.341 e. The van der Waals surface area contributed by atoms with E-state index in [1.807, 2.05) is 13.8 Å². The third kappa shape index (κ3) is 5.37. The van der Waals surface area contributed by atoms with Gasteiger partial charge < -0.3 is 24.2 Å². The molecule has 0 fully saturated rings. The number of carboxylic acids is 1. The van der Waals surface area contributed by atoms with Crippen LogP contribution in [0.25, 0.3) is 0 Å². The Hall–Kier alpha value is -3.22. The maximum absolute atomic E-state index is 12.8. The molecule has 0 unspecified atom stereocenters. The SMILES string of the molecule is COc1cc(C(=O)N(C)c2ccc(OCC(=O)O)cc2)ccc1OC(C)C. The van der Waals surface area contributed by atoms with E-state index < -0.39 is 12.6 Å². The Labute approximate surface area is 158 Å². The van der Waals surface area contributed by atoms with Crippen LogP contribution in [0.2, 0.25) is 0 Å². The Kier molecular flexibility index (Phi) is 6.65. The van der Waals surface area contributed by atoms with Crippen LogP contribution in [0, 0.1) is 0 Å². The van der Waals surface area contributed by atoms with Crippen LogP contribution >= 0.6 is 0 Å². The molecule has 2 aromatic carbocycles. The molecule has 0 aromatic heterocycles. The smallest absolute Gasteiger partial charge is 0.341 e. The zero-order valence-electron chi connectivity index (χ0n) is 15.8. The number of rotatable bonds is 8. The molecule has 7 nitrogen and oxygen atoms in total. The summed E-state index contributed by atoms with van der Waals surface area (Å²) in [6, 6.07) is 11.6. The maximum atomic E-state index is 12.8. The second-order valence-electron chi connectivity index (χ2n) is 6.07. The molecule has 0 aliphatic rings. The van der Waals surface area contributed by atoms with Gasteiger partial charge in [-0.2, -0.15) is 0 Å². The minimum Gasteiger partial charge on any atom is -0.493 e. The number of hydrogen-bond donors (Lipinski definition) is 1. The van der Waals surface area contributed by atoms with E-state index in [1.165, 1.54) is 12.0 Å². The van der Waals surface area contributed by atoms with E-state index in [4.69, 9.17) is 19.3 Å². The van der Waals surface area contributed by atoms with Gasteiger partial charge in [0, 0.05) is 18.3 Å². The Morgan fingerprint density at radius 2 is 1.74 bits per heavy atom. The molecule has 0 heterocycles. The van der Waals surface area contributed by atoms with Crippen LogP contribution < -0.4 is 19.1 Å². The normalized spacial score (nSPS) is 10.4. The fourth-order valence-electron chi connectivity index (χ4n) is 2.37. The van der Waals surface area contributed by atoms with Crippen molar-refractivity contribution < 1.29 is 28.9 Å². The highest BCUT2D eigenvalue weighted by Crippen LogP contribution is 2.30. The number of benzene rings is 2. The molecular formula is C20H23NO6. The highest BCUT2D eigenvalue weighted by atomic mass is 16.5. The average molecular weight is 373 g/mol. The lowest BCUT2D eigenvalue weighted by atomic mass is 10.1. The van der Waals surface area contributed by atoms with E-state index in [2.05, 4.69) is 0 Å². The van der Waals surface area contributed by atoms with Crippen molar-refractivity contribution in [3.05, 3.63) is 48.0 Å². The van der Waals surface area contributed by atoms with E-state index in [1.54, 1.807) is 49.5 Å². The third-order valence-electron chi connectivity index (χ3n) is 3.66. The van der Waals surface area contributed by atoms with Gasteiger partial charge in [-0.15, -0.1) is 0 Å². The van der Waals surface area contributed by atoms with E-state index in [0.717, 1.165) is 0 Å². The lowest BCUT2D eigenvalue weighted by Crippen LogP contribution is -2.26. The molecule has 1 N–H and O–H groups in total. The molecule has 0 radical (unpaired) electrons. The fraction of sp³-hybridized carbons (Fsp3) is 0.300. The zero-order valence-corrected chi connectivity index (χ0v) is 15.8. The van der Waals surface area contributed by atoms with Gasteiger partial charge >= 0.3 is 5.97 Å². The quantitative estimate of drug-likeness (QED) is 0.765. The Balaban J connectivity index is 2.15. The number of nitrogens with zero attached hydrogens (tertiary/aromatic N) is 1. The summed E-state index contributed by atoms with van der Waals surface area (Å²) in [5.41, 5.74) is 1.10. The van der Waals surface area contributed by atoms with Crippen LogP contribution in [0.4, 0.5) is 5.69 Å². The number of ether oxygens (including phenoxy) is 3. The summed E-state index contributed by atoms with van der Waals surface area (Å²) in [4.78, 5) is 24.8. The zero-order chi connectivity index (χ0) is 20.0. The van der Waals surface area contributed by atoms with Gasteiger partial charge in [-0.05, 0) is 56.3 Å². The molecule has 1 amide bonds. The van der Waals surface area contributed by atoms with Crippen LogP contribution in [0.15, 0.2) is 42.5 Å². The number of hydrogen-bond acceptors (Lipinski definition) is 5. The van der Waals surface area contributed by atoms with Crippen LogP contribution in [-0.2, 0) is 4.79 Å². The second-order valence-corrected chi connectivity index (χ2v) is 6.07. The standard InChI is InChI=1S/C20H23NO6/c1-13(2)27-17-10-5-14(11-18(17)25-4)20(24)21(3)15-6-8-16(9-7-15)26-12-19(22)23/h5-11,13H,12H2,1-4H3,(H,22,23). The van der Waals surface area contributed by atoms with Gasteiger partial charge in [-0.25, -0.2) is 4.79 Å². The van der Waals surface area contributed by atoms with Crippen molar-refractivity contribution in [1.29, 1.82) is 0 Å². The van der Waals surface area contributed by atoms with Gasteiger partial charge in [-0.3, -0.25) is 4.79 Å². The minimum absolute atomic E-state index is 0.00927. The lowest BCUT2D eigenvalue weighted by molar-refractivity contribution is -0.139. The van der Waals surface area contributed by atoms with Gasteiger partial charge in [0.25, 0.3) is 5.91 Å². The first kappa shape index (κ1) is 20.1. The van der Waals surface area contributed by atoms with E-state index in [9.17, 15) is 9.59 Å². The summed E-state index contributed by atoms with van der Waals surface area (Å²) in [6.07, 6.45) is -0.00927. The average Bonchev–Trinajstić information content (AvgIpc) is 2.65. The Bertz CT molecular complexity index is 801. The lowest BCUT2D eigenvalue weighted by Gasteiger charge is -2.19. The van der Waals surface area contributed by atoms with Crippen LogP contribution in [0.3, 0.4) is 0 Å². The number of anilines is 1. The Morgan fingerprint density at radius 1 is 1.07 bits per heavy atom. The molecule has 0 aliphatic heterocycles. The molecule has 2 rings (SSSR count). The first-order chi connectivity index (χ1) is 12.8. The number of carboxylic acid groups (broad SMARTS) is 1. The predicted octanol–water partition coefficient (Wildman–Crippen LogP) is 3.22. The monoisotopic (exact) mass is 373 g/mol. The molecule has 0 bridgehead atoms. The first-order valence-corrected chi connectivity index (χ1v) is 8.39. The van der Waals surface area contributed by atoms with Crippen molar-refractivity contribution in [1.82, 2.24) is 0 Å². The number of methoxy groups -OCH3 is 1. The number of amides is 1. The summed E-state index contributed by atoms with van der Waals surface area (Å²) < 4.78 is 16.1. The molecule has 0 saturated heterocycles. The molecule has 2 aromatic rings. The summed E-state index contributed by atoms with van der Waals surface area (Å²) >= 11 is 0. The van der Waals surface area contributed by atoms with Crippen molar-refractivity contribution in [3.63, 3.8) is 0 Å². The van der Waals surface area contributed by atoms with E-state index in [-0.39, 0.29) is 12.0 Å². The largest absolute Gasteiger partial charge is 0.493 e. The molecule has 144 valence electrons. The molecule has 0 spiro atoms. The van der Waals surface area contributed by atoms with Crippen molar-refractivity contribution in [2.24, 2.45) is 0 Å².